The minimum Gasteiger partial charge on any atom is -0.481 e. The second kappa shape index (κ2) is 21.3. The quantitative estimate of drug-likeness (QED) is 0.152. The van der Waals surface area contributed by atoms with Crippen LogP contribution in [0.25, 0.3) is 0 Å². The van der Waals surface area contributed by atoms with E-state index < -0.39 is 11.4 Å². The predicted octanol–water partition coefficient (Wildman–Crippen LogP) is 10.3. The van der Waals surface area contributed by atoms with Gasteiger partial charge in [-0.15, -0.1) is 0 Å². The van der Waals surface area contributed by atoms with Crippen LogP contribution in [0, 0.1) is 11.3 Å². The van der Waals surface area contributed by atoms with E-state index in [0.717, 1.165) is 32.1 Å². The Kier molecular flexibility index (Phi) is 21.0. The van der Waals surface area contributed by atoms with Gasteiger partial charge in [0, 0.05) is 0 Å². The monoisotopic (exact) mass is 438 g/mol. The first-order valence-electron chi connectivity index (χ1n) is 14.2. The molecule has 0 aliphatic heterocycles. The van der Waals surface area contributed by atoms with Crippen LogP contribution < -0.4 is 0 Å². The third kappa shape index (κ3) is 17.7. The van der Waals surface area contributed by atoms with E-state index >= 15 is 0 Å². The van der Waals surface area contributed by atoms with Crippen molar-refractivity contribution >= 4 is 5.97 Å². The number of unbranched alkanes of at least 4 members (excludes halogenated alkanes) is 15. The summed E-state index contributed by atoms with van der Waals surface area (Å²) in [6.07, 6.45) is 27.9. The summed E-state index contributed by atoms with van der Waals surface area (Å²) in [6.45, 7) is 8.77. The van der Waals surface area contributed by atoms with E-state index in [2.05, 4.69) is 20.8 Å². The zero-order chi connectivity index (χ0) is 23.2. The molecule has 0 radical (unpaired) electrons. The zero-order valence-corrected chi connectivity index (χ0v) is 22.0. The summed E-state index contributed by atoms with van der Waals surface area (Å²) >= 11 is 0. The molecule has 31 heavy (non-hydrogen) atoms. The number of hydrogen-bond acceptors (Lipinski definition) is 1. The highest BCUT2D eigenvalue weighted by Crippen LogP contribution is 2.36. The van der Waals surface area contributed by atoms with Crippen LogP contribution in [-0.4, -0.2) is 11.1 Å². The molecule has 0 aromatic rings. The molecule has 2 atom stereocenters. The second-order valence-electron chi connectivity index (χ2n) is 10.6. The maximum atomic E-state index is 12.1. The molecular weight excluding hydrogens is 380 g/mol. The van der Waals surface area contributed by atoms with Crippen molar-refractivity contribution in [3.63, 3.8) is 0 Å². The third-order valence-corrected chi connectivity index (χ3v) is 7.27. The summed E-state index contributed by atoms with van der Waals surface area (Å²) < 4.78 is 0. The molecule has 186 valence electrons. The van der Waals surface area contributed by atoms with Gasteiger partial charge in [-0.05, 0) is 25.7 Å². The van der Waals surface area contributed by atoms with Crippen molar-refractivity contribution in [2.45, 2.75) is 169 Å². The fraction of sp³-hybridized carbons (Fsp3) is 0.966. The number of rotatable bonds is 24. The first kappa shape index (κ1) is 30.5. The predicted molar refractivity (Wildman–Crippen MR) is 138 cm³/mol. The van der Waals surface area contributed by atoms with Gasteiger partial charge >= 0.3 is 5.97 Å². The molecule has 0 rings (SSSR count). The number of carbonyl (C=O) groups is 1. The van der Waals surface area contributed by atoms with Crippen LogP contribution in [0.2, 0.25) is 0 Å². The Bertz CT molecular complexity index is 392. The van der Waals surface area contributed by atoms with Crippen molar-refractivity contribution in [3.8, 4) is 0 Å². The molecule has 0 fully saturated rings. The zero-order valence-electron chi connectivity index (χ0n) is 22.0. The lowest BCUT2D eigenvalue weighted by atomic mass is 9.74. The van der Waals surface area contributed by atoms with Gasteiger partial charge in [0.15, 0.2) is 0 Å². The molecule has 0 saturated carbocycles. The first-order chi connectivity index (χ1) is 15.0. The summed E-state index contributed by atoms with van der Waals surface area (Å²) in [4.78, 5) is 12.1. The van der Waals surface area contributed by atoms with E-state index in [-0.39, 0.29) is 0 Å². The highest BCUT2D eigenvalue weighted by Gasteiger charge is 2.34. The van der Waals surface area contributed by atoms with Crippen LogP contribution in [0.3, 0.4) is 0 Å². The van der Waals surface area contributed by atoms with Gasteiger partial charge < -0.3 is 5.11 Å². The average Bonchev–Trinajstić information content (AvgIpc) is 2.74. The van der Waals surface area contributed by atoms with E-state index in [9.17, 15) is 9.90 Å². The molecule has 0 aromatic carbocycles. The number of carboxylic acids is 1. The van der Waals surface area contributed by atoms with E-state index in [1.807, 2.05) is 6.92 Å². The SMILES string of the molecule is CCCCCCCCCCCCC(CCCCCCC)CC(C)(CCCCC)C(=O)O. The van der Waals surface area contributed by atoms with Crippen molar-refractivity contribution in [2.24, 2.45) is 11.3 Å². The highest BCUT2D eigenvalue weighted by atomic mass is 16.4. The lowest BCUT2D eigenvalue weighted by Crippen LogP contribution is -2.30. The standard InChI is InChI=1S/C29H58O2/c1-5-8-11-13-14-15-16-17-19-21-24-27(23-20-18-12-9-6-2)26-29(4,28(30)31)25-22-10-7-3/h27H,5-26H2,1-4H3,(H,30,31). The summed E-state index contributed by atoms with van der Waals surface area (Å²) in [5, 5.41) is 9.97. The molecule has 0 saturated heterocycles. The summed E-state index contributed by atoms with van der Waals surface area (Å²) in [5.41, 5.74) is -0.526. The highest BCUT2D eigenvalue weighted by molar-refractivity contribution is 5.74. The minimum atomic E-state index is -0.567. The molecule has 1 N–H and O–H groups in total. The van der Waals surface area contributed by atoms with Gasteiger partial charge in [-0.25, -0.2) is 0 Å². The average molecular weight is 439 g/mol. The number of aliphatic carboxylic acids is 1. The van der Waals surface area contributed by atoms with Crippen LogP contribution in [0.15, 0.2) is 0 Å². The molecule has 0 spiro atoms. The first-order valence-corrected chi connectivity index (χ1v) is 14.2. The lowest BCUT2D eigenvalue weighted by Gasteiger charge is -2.30. The Labute approximate surface area is 196 Å². The molecule has 2 unspecified atom stereocenters. The van der Waals surface area contributed by atoms with Gasteiger partial charge in [0.05, 0.1) is 5.41 Å². The smallest absolute Gasteiger partial charge is 0.309 e. The maximum Gasteiger partial charge on any atom is 0.309 e. The third-order valence-electron chi connectivity index (χ3n) is 7.27. The Morgan fingerprint density at radius 3 is 1.35 bits per heavy atom. The van der Waals surface area contributed by atoms with Crippen molar-refractivity contribution in [3.05, 3.63) is 0 Å². The normalized spacial score (nSPS) is 14.5. The molecule has 2 heteroatoms. The number of carboxylic acid groups (broad SMARTS) is 1. The summed E-state index contributed by atoms with van der Waals surface area (Å²) in [5.74, 6) is 0.0288. The van der Waals surface area contributed by atoms with Crippen LogP contribution in [0.5, 0.6) is 0 Å². The van der Waals surface area contributed by atoms with Crippen LogP contribution in [-0.2, 0) is 4.79 Å². The molecule has 0 amide bonds. The van der Waals surface area contributed by atoms with Gasteiger partial charge in [-0.2, -0.15) is 0 Å². The summed E-state index contributed by atoms with van der Waals surface area (Å²) in [6, 6.07) is 0. The number of hydrogen-bond donors (Lipinski definition) is 1. The molecular formula is C29H58O2. The molecule has 0 aromatic heterocycles. The molecule has 2 nitrogen and oxygen atoms in total. The Balaban J connectivity index is 4.36. The van der Waals surface area contributed by atoms with Crippen molar-refractivity contribution < 1.29 is 9.90 Å². The van der Waals surface area contributed by atoms with Crippen molar-refractivity contribution in [1.29, 1.82) is 0 Å². The fourth-order valence-electron chi connectivity index (χ4n) is 5.00. The van der Waals surface area contributed by atoms with Crippen LogP contribution in [0.1, 0.15) is 169 Å². The van der Waals surface area contributed by atoms with Crippen LogP contribution in [0.4, 0.5) is 0 Å². The van der Waals surface area contributed by atoms with Crippen LogP contribution >= 0.6 is 0 Å². The fourth-order valence-corrected chi connectivity index (χ4v) is 5.00. The Morgan fingerprint density at radius 1 is 0.613 bits per heavy atom. The largest absolute Gasteiger partial charge is 0.481 e. The maximum absolute atomic E-state index is 12.1. The van der Waals surface area contributed by atoms with Crippen molar-refractivity contribution in [2.75, 3.05) is 0 Å². The van der Waals surface area contributed by atoms with E-state index in [0.29, 0.717) is 5.92 Å². The molecule has 0 bridgehead atoms. The van der Waals surface area contributed by atoms with Gasteiger partial charge in [0.1, 0.15) is 0 Å². The Morgan fingerprint density at radius 2 is 0.968 bits per heavy atom. The van der Waals surface area contributed by atoms with E-state index in [1.165, 1.54) is 109 Å². The van der Waals surface area contributed by atoms with Crippen molar-refractivity contribution in [1.82, 2.24) is 0 Å². The van der Waals surface area contributed by atoms with E-state index in [1.54, 1.807) is 0 Å². The van der Waals surface area contributed by atoms with Gasteiger partial charge in [-0.3, -0.25) is 4.79 Å². The van der Waals surface area contributed by atoms with E-state index in [4.69, 9.17) is 0 Å². The second-order valence-corrected chi connectivity index (χ2v) is 10.6. The Hall–Kier alpha value is -0.530. The van der Waals surface area contributed by atoms with Gasteiger partial charge in [0.2, 0.25) is 0 Å². The van der Waals surface area contributed by atoms with Gasteiger partial charge in [-0.1, -0.05) is 149 Å². The molecule has 0 aliphatic rings. The minimum absolute atomic E-state index is 0.526. The molecule has 0 heterocycles. The lowest BCUT2D eigenvalue weighted by molar-refractivity contribution is -0.149. The topological polar surface area (TPSA) is 37.3 Å². The molecule has 0 aliphatic carbocycles. The van der Waals surface area contributed by atoms with Gasteiger partial charge in [0.25, 0.3) is 0 Å². The summed E-state index contributed by atoms with van der Waals surface area (Å²) in [7, 11) is 0.